The molecule has 0 aromatic heterocycles. The first-order valence-electron chi connectivity index (χ1n) is 7.21. The lowest BCUT2D eigenvalue weighted by molar-refractivity contribution is -0.384. The molecule has 1 amide bonds. The quantitative estimate of drug-likeness (QED) is 0.510. The van der Waals surface area contributed by atoms with E-state index in [0.29, 0.717) is 5.56 Å². The van der Waals surface area contributed by atoms with E-state index < -0.39 is 23.4 Å². The van der Waals surface area contributed by atoms with Crippen LogP contribution >= 0.6 is 0 Å². The third-order valence-corrected chi connectivity index (χ3v) is 3.21. The summed E-state index contributed by atoms with van der Waals surface area (Å²) in [5, 5.41) is 13.5. The van der Waals surface area contributed by atoms with Gasteiger partial charge in [0.2, 0.25) is 0 Å². The van der Waals surface area contributed by atoms with E-state index in [4.69, 9.17) is 4.74 Å². The molecular weight excluding hydrogens is 300 g/mol. The van der Waals surface area contributed by atoms with Crippen molar-refractivity contribution in [1.82, 2.24) is 0 Å². The van der Waals surface area contributed by atoms with E-state index in [0.717, 1.165) is 5.56 Å². The summed E-state index contributed by atoms with van der Waals surface area (Å²) in [6, 6.07) is 2.95. The number of nitrogens with one attached hydrogen (secondary N) is 1. The number of hydrogen-bond acceptors (Lipinski definition) is 5. The predicted octanol–water partition coefficient (Wildman–Crippen LogP) is 3.13. The maximum absolute atomic E-state index is 11.9. The Hall–Kier alpha value is -2.44. The van der Waals surface area contributed by atoms with Crippen LogP contribution in [-0.2, 0) is 14.3 Å². The minimum Gasteiger partial charge on any atom is -0.456 e. The van der Waals surface area contributed by atoms with Gasteiger partial charge in [0.1, 0.15) is 5.69 Å². The Morgan fingerprint density at radius 3 is 2.39 bits per heavy atom. The van der Waals surface area contributed by atoms with Gasteiger partial charge >= 0.3 is 5.97 Å². The average Bonchev–Trinajstić information content (AvgIpc) is 2.39. The summed E-state index contributed by atoms with van der Waals surface area (Å²) in [6.07, 6.45) is 0.184. The van der Waals surface area contributed by atoms with Gasteiger partial charge < -0.3 is 10.1 Å². The number of benzene rings is 1. The van der Waals surface area contributed by atoms with Crippen molar-refractivity contribution in [3.8, 4) is 0 Å². The first-order chi connectivity index (χ1) is 10.5. The Kier molecular flexibility index (Phi) is 5.84. The van der Waals surface area contributed by atoms with Crippen LogP contribution in [0.2, 0.25) is 0 Å². The molecule has 7 heteroatoms. The standard InChI is InChI=1S/C16H22N2O5/c1-10-6-7-12(18(21)22)15(11(10)2)17-13(19)9-23-14(20)8-16(3,4)5/h6-7H,8-9H2,1-5H3,(H,17,19). The topological polar surface area (TPSA) is 98.5 Å². The summed E-state index contributed by atoms with van der Waals surface area (Å²) in [5.74, 6) is -1.09. The molecule has 0 bridgehead atoms. The van der Waals surface area contributed by atoms with Crippen molar-refractivity contribution in [3.63, 3.8) is 0 Å². The zero-order valence-electron chi connectivity index (χ0n) is 14.1. The number of nitrogens with zero attached hydrogens (tertiary/aromatic N) is 1. The highest BCUT2D eigenvalue weighted by molar-refractivity contribution is 5.96. The number of rotatable bonds is 5. The van der Waals surface area contributed by atoms with Crippen LogP contribution in [-0.4, -0.2) is 23.4 Å². The fraction of sp³-hybridized carbons (Fsp3) is 0.500. The molecule has 0 aliphatic heterocycles. The van der Waals surface area contributed by atoms with Gasteiger partial charge in [-0.3, -0.25) is 19.7 Å². The molecule has 0 aliphatic rings. The van der Waals surface area contributed by atoms with Gasteiger partial charge in [0, 0.05) is 6.07 Å². The summed E-state index contributed by atoms with van der Waals surface area (Å²) in [4.78, 5) is 34.0. The normalized spacial score (nSPS) is 11.0. The Bertz CT molecular complexity index is 632. The molecule has 0 aliphatic carbocycles. The average molecular weight is 322 g/mol. The van der Waals surface area contributed by atoms with Gasteiger partial charge in [-0.2, -0.15) is 0 Å². The number of carbonyl (C=O) groups excluding carboxylic acids is 2. The number of hydrogen-bond donors (Lipinski definition) is 1. The zero-order valence-corrected chi connectivity index (χ0v) is 14.1. The molecule has 0 unspecified atom stereocenters. The lowest BCUT2D eigenvalue weighted by atomic mass is 9.92. The lowest BCUT2D eigenvalue weighted by Gasteiger charge is -2.16. The molecule has 1 aromatic carbocycles. The highest BCUT2D eigenvalue weighted by atomic mass is 16.6. The van der Waals surface area contributed by atoms with E-state index in [1.165, 1.54) is 6.07 Å². The zero-order chi connectivity index (χ0) is 17.8. The highest BCUT2D eigenvalue weighted by Crippen LogP contribution is 2.30. The van der Waals surface area contributed by atoms with Crippen molar-refractivity contribution in [2.24, 2.45) is 5.41 Å². The van der Waals surface area contributed by atoms with Crippen LogP contribution in [0.1, 0.15) is 38.3 Å². The van der Waals surface area contributed by atoms with Gasteiger partial charge in [-0.1, -0.05) is 26.8 Å². The van der Waals surface area contributed by atoms with Crippen LogP contribution in [0.25, 0.3) is 0 Å². The third kappa shape index (κ3) is 5.69. The van der Waals surface area contributed by atoms with E-state index in [-0.39, 0.29) is 23.2 Å². The number of aryl methyl sites for hydroxylation is 1. The van der Waals surface area contributed by atoms with E-state index in [2.05, 4.69) is 5.32 Å². The first-order valence-corrected chi connectivity index (χ1v) is 7.21. The van der Waals surface area contributed by atoms with E-state index >= 15 is 0 Å². The van der Waals surface area contributed by atoms with E-state index in [1.807, 2.05) is 20.8 Å². The predicted molar refractivity (Wildman–Crippen MR) is 86.2 cm³/mol. The van der Waals surface area contributed by atoms with Gasteiger partial charge in [0.05, 0.1) is 11.3 Å². The Balaban J connectivity index is 2.77. The minimum atomic E-state index is -0.607. The van der Waals surface area contributed by atoms with Crippen LogP contribution in [0, 0.1) is 29.4 Å². The van der Waals surface area contributed by atoms with Gasteiger partial charge in [-0.05, 0) is 30.4 Å². The van der Waals surface area contributed by atoms with Crippen LogP contribution in [0.4, 0.5) is 11.4 Å². The molecular formula is C16H22N2O5. The third-order valence-electron chi connectivity index (χ3n) is 3.21. The molecule has 1 aromatic rings. The van der Waals surface area contributed by atoms with Crippen molar-refractivity contribution < 1.29 is 19.2 Å². The number of nitro benzene ring substituents is 1. The largest absolute Gasteiger partial charge is 0.456 e. The number of carbonyl (C=O) groups is 2. The van der Waals surface area contributed by atoms with Crippen LogP contribution in [0.3, 0.4) is 0 Å². The highest BCUT2D eigenvalue weighted by Gasteiger charge is 2.21. The smallest absolute Gasteiger partial charge is 0.306 e. The van der Waals surface area contributed by atoms with Crippen molar-refractivity contribution in [2.75, 3.05) is 11.9 Å². The molecule has 0 atom stereocenters. The number of nitro groups is 1. The molecule has 0 saturated heterocycles. The second-order valence-corrected chi connectivity index (χ2v) is 6.60. The Labute approximate surface area is 135 Å². The molecule has 0 fully saturated rings. The molecule has 0 heterocycles. The summed E-state index contributed by atoms with van der Waals surface area (Å²) >= 11 is 0. The van der Waals surface area contributed by atoms with Crippen LogP contribution in [0.5, 0.6) is 0 Å². The number of esters is 1. The van der Waals surface area contributed by atoms with Gasteiger partial charge in [-0.25, -0.2) is 0 Å². The second-order valence-electron chi connectivity index (χ2n) is 6.60. The van der Waals surface area contributed by atoms with Crippen molar-refractivity contribution in [1.29, 1.82) is 0 Å². The number of anilines is 1. The summed E-state index contributed by atoms with van der Waals surface area (Å²) in [6.45, 7) is 8.65. The van der Waals surface area contributed by atoms with Crippen molar-refractivity contribution >= 4 is 23.3 Å². The number of amides is 1. The molecule has 0 saturated carbocycles. The fourth-order valence-corrected chi connectivity index (χ4v) is 1.92. The maximum atomic E-state index is 11.9. The fourth-order valence-electron chi connectivity index (χ4n) is 1.92. The van der Waals surface area contributed by atoms with Crippen LogP contribution in [0.15, 0.2) is 12.1 Å². The molecule has 1 rings (SSSR count). The summed E-state index contributed by atoms with van der Waals surface area (Å²) in [7, 11) is 0. The number of ether oxygens (including phenoxy) is 1. The second kappa shape index (κ2) is 7.21. The maximum Gasteiger partial charge on any atom is 0.306 e. The van der Waals surface area contributed by atoms with Crippen molar-refractivity contribution in [3.05, 3.63) is 33.4 Å². The SMILES string of the molecule is Cc1ccc([N+](=O)[O-])c(NC(=O)COC(=O)CC(C)(C)C)c1C. The molecule has 1 N–H and O–H groups in total. The molecule has 126 valence electrons. The van der Waals surface area contributed by atoms with Gasteiger partial charge in [-0.15, -0.1) is 0 Å². The molecule has 23 heavy (non-hydrogen) atoms. The molecule has 0 radical (unpaired) electrons. The monoisotopic (exact) mass is 322 g/mol. The van der Waals surface area contributed by atoms with Gasteiger partial charge in [0.15, 0.2) is 6.61 Å². The minimum absolute atomic E-state index is 0.131. The Morgan fingerprint density at radius 2 is 1.87 bits per heavy atom. The first kappa shape index (κ1) is 18.6. The van der Waals surface area contributed by atoms with E-state index in [1.54, 1.807) is 19.9 Å². The molecule has 7 nitrogen and oxygen atoms in total. The van der Waals surface area contributed by atoms with Crippen LogP contribution < -0.4 is 5.32 Å². The van der Waals surface area contributed by atoms with Crippen molar-refractivity contribution in [2.45, 2.75) is 41.0 Å². The van der Waals surface area contributed by atoms with Gasteiger partial charge in [0.25, 0.3) is 11.6 Å². The van der Waals surface area contributed by atoms with E-state index in [9.17, 15) is 19.7 Å². The summed E-state index contributed by atoms with van der Waals surface area (Å²) < 4.78 is 4.90. The Morgan fingerprint density at radius 1 is 1.26 bits per heavy atom. The molecule has 0 spiro atoms. The summed E-state index contributed by atoms with van der Waals surface area (Å²) in [5.41, 5.74) is 1.12. The lowest BCUT2D eigenvalue weighted by Crippen LogP contribution is -2.24.